The molecule has 1 amide bonds. The summed E-state index contributed by atoms with van der Waals surface area (Å²) >= 11 is 0. The molecule has 5 heteroatoms. The van der Waals surface area contributed by atoms with E-state index in [2.05, 4.69) is 5.32 Å². The summed E-state index contributed by atoms with van der Waals surface area (Å²) in [4.78, 5) is 31.4. The maximum absolute atomic E-state index is 10.9. The molecule has 0 rings (SSSR count). The molecule has 0 spiro atoms. The Morgan fingerprint density at radius 3 is 2.57 bits per heavy atom. The van der Waals surface area contributed by atoms with Gasteiger partial charge in [0.25, 0.3) is 0 Å². The maximum atomic E-state index is 10.9. The number of amides is 1. The number of rotatable bonds is 8. The minimum Gasteiger partial charge on any atom is -0.480 e. The number of ketones is 1. The van der Waals surface area contributed by atoms with Crippen molar-refractivity contribution in [2.45, 2.75) is 38.6 Å². The van der Waals surface area contributed by atoms with Gasteiger partial charge in [-0.15, -0.1) is 0 Å². The van der Waals surface area contributed by atoms with Crippen LogP contribution in [-0.4, -0.2) is 29.3 Å². The molecule has 0 bridgehead atoms. The third-order valence-corrected chi connectivity index (χ3v) is 1.91. The van der Waals surface area contributed by atoms with E-state index >= 15 is 0 Å². The summed E-state index contributed by atoms with van der Waals surface area (Å²) in [6, 6.07) is -0.878. The highest BCUT2D eigenvalue weighted by molar-refractivity contribution is 5.78. The molecule has 0 saturated heterocycles. The molecule has 0 aromatic heterocycles. The van der Waals surface area contributed by atoms with E-state index in [9.17, 15) is 14.4 Å². The molecule has 80 valence electrons. The van der Waals surface area contributed by atoms with Gasteiger partial charge in [-0.25, -0.2) is 4.79 Å². The average molecular weight is 201 g/mol. The highest BCUT2D eigenvalue weighted by atomic mass is 16.4. The van der Waals surface area contributed by atoms with Crippen LogP contribution in [0.25, 0.3) is 0 Å². The SMILES string of the molecule is CCC(=O)CCCC(NC=O)C(=O)O. The molecular weight excluding hydrogens is 186 g/mol. The lowest BCUT2D eigenvalue weighted by molar-refractivity contribution is -0.140. The van der Waals surface area contributed by atoms with Crippen molar-refractivity contribution >= 4 is 18.2 Å². The Bertz CT molecular complexity index is 215. The number of hydrogen-bond acceptors (Lipinski definition) is 3. The lowest BCUT2D eigenvalue weighted by Crippen LogP contribution is -2.35. The van der Waals surface area contributed by atoms with Crippen molar-refractivity contribution in [3.05, 3.63) is 0 Å². The molecule has 1 unspecified atom stereocenters. The van der Waals surface area contributed by atoms with Crippen LogP contribution in [0.1, 0.15) is 32.6 Å². The van der Waals surface area contributed by atoms with E-state index in [1.165, 1.54) is 0 Å². The van der Waals surface area contributed by atoms with Gasteiger partial charge in [0.15, 0.2) is 0 Å². The van der Waals surface area contributed by atoms with Gasteiger partial charge in [0.1, 0.15) is 11.8 Å². The third-order valence-electron chi connectivity index (χ3n) is 1.91. The summed E-state index contributed by atoms with van der Waals surface area (Å²) in [5.41, 5.74) is 0. The van der Waals surface area contributed by atoms with Crippen molar-refractivity contribution in [2.75, 3.05) is 0 Å². The Morgan fingerprint density at radius 1 is 1.50 bits per heavy atom. The fourth-order valence-corrected chi connectivity index (χ4v) is 1.04. The van der Waals surface area contributed by atoms with E-state index in [1.807, 2.05) is 0 Å². The number of hydrogen-bond donors (Lipinski definition) is 2. The average Bonchev–Trinajstić information content (AvgIpc) is 2.16. The molecule has 0 saturated carbocycles. The summed E-state index contributed by atoms with van der Waals surface area (Å²) in [6.07, 6.45) is 1.99. The molecule has 0 radical (unpaired) electrons. The Kier molecular flexibility index (Phi) is 6.36. The van der Waals surface area contributed by atoms with Gasteiger partial charge in [-0.3, -0.25) is 9.59 Å². The third kappa shape index (κ3) is 5.29. The number of Topliss-reactive ketones (excluding diaryl/α,β-unsaturated/α-hetero) is 1. The summed E-state index contributed by atoms with van der Waals surface area (Å²) < 4.78 is 0. The Labute approximate surface area is 82.5 Å². The van der Waals surface area contributed by atoms with Crippen molar-refractivity contribution in [1.82, 2.24) is 5.32 Å². The van der Waals surface area contributed by atoms with Crippen molar-refractivity contribution in [3.8, 4) is 0 Å². The van der Waals surface area contributed by atoms with Crippen LogP contribution in [-0.2, 0) is 14.4 Å². The van der Waals surface area contributed by atoms with E-state index in [0.29, 0.717) is 32.1 Å². The summed E-state index contributed by atoms with van der Waals surface area (Å²) in [5.74, 6) is -0.957. The van der Waals surface area contributed by atoms with Crippen LogP contribution in [0.15, 0.2) is 0 Å². The first-order valence-electron chi connectivity index (χ1n) is 4.56. The second kappa shape index (κ2) is 7.06. The molecule has 2 N–H and O–H groups in total. The van der Waals surface area contributed by atoms with E-state index in [1.54, 1.807) is 6.92 Å². The molecule has 14 heavy (non-hydrogen) atoms. The first-order valence-corrected chi connectivity index (χ1v) is 4.56. The molecule has 1 atom stereocenters. The first kappa shape index (κ1) is 12.6. The van der Waals surface area contributed by atoms with Crippen LogP contribution in [0.3, 0.4) is 0 Å². The van der Waals surface area contributed by atoms with E-state index < -0.39 is 12.0 Å². The standard InChI is InChI=1S/C9H15NO4/c1-2-7(12)4-3-5-8(9(13)14)10-6-11/h6,8H,2-5H2,1H3,(H,10,11)(H,13,14). The highest BCUT2D eigenvalue weighted by Crippen LogP contribution is 2.03. The fourth-order valence-electron chi connectivity index (χ4n) is 1.04. The number of carbonyl (C=O) groups excluding carboxylic acids is 2. The number of nitrogens with one attached hydrogen (secondary N) is 1. The van der Waals surface area contributed by atoms with Gasteiger partial charge in [-0.2, -0.15) is 0 Å². The molecule has 0 heterocycles. The Balaban J connectivity index is 3.76. The van der Waals surface area contributed by atoms with Gasteiger partial charge < -0.3 is 10.4 Å². The van der Waals surface area contributed by atoms with Gasteiger partial charge in [0.2, 0.25) is 6.41 Å². The molecule has 0 aliphatic carbocycles. The molecule has 0 aromatic rings. The Morgan fingerprint density at radius 2 is 2.14 bits per heavy atom. The predicted octanol–water partition coefficient (Wildman–Crippen LogP) is 0.335. The lowest BCUT2D eigenvalue weighted by Gasteiger charge is -2.09. The topological polar surface area (TPSA) is 83.5 Å². The Hall–Kier alpha value is -1.39. The predicted molar refractivity (Wildman–Crippen MR) is 49.8 cm³/mol. The van der Waals surface area contributed by atoms with Gasteiger partial charge >= 0.3 is 5.97 Å². The molecule has 5 nitrogen and oxygen atoms in total. The molecule has 0 aromatic carbocycles. The summed E-state index contributed by atoms with van der Waals surface area (Å²) in [5, 5.41) is 10.8. The van der Waals surface area contributed by atoms with Gasteiger partial charge in [-0.05, 0) is 12.8 Å². The quantitative estimate of drug-likeness (QED) is 0.554. The molecule has 0 aliphatic heterocycles. The lowest BCUT2D eigenvalue weighted by atomic mass is 10.1. The minimum absolute atomic E-state index is 0.111. The van der Waals surface area contributed by atoms with E-state index in [-0.39, 0.29) is 5.78 Å². The van der Waals surface area contributed by atoms with Gasteiger partial charge in [-0.1, -0.05) is 6.92 Å². The zero-order valence-corrected chi connectivity index (χ0v) is 8.16. The smallest absolute Gasteiger partial charge is 0.326 e. The largest absolute Gasteiger partial charge is 0.480 e. The van der Waals surface area contributed by atoms with E-state index in [4.69, 9.17) is 5.11 Å². The zero-order chi connectivity index (χ0) is 11.0. The van der Waals surface area contributed by atoms with Crippen LogP contribution >= 0.6 is 0 Å². The van der Waals surface area contributed by atoms with Crippen molar-refractivity contribution < 1.29 is 19.5 Å². The van der Waals surface area contributed by atoms with Gasteiger partial charge in [0, 0.05) is 12.8 Å². The second-order valence-corrected chi connectivity index (χ2v) is 2.96. The van der Waals surface area contributed by atoms with Crippen LogP contribution in [0.4, 0.5) is 0 Å². The van der Waals surface area contributed by atoms with Crippen LogP contribution in [0, 0.1) is 0 Å². The summed E-state index contributed by atoms with van der Waals surface area (Å²) in [7, 11) is 0. The molecule has 0 aliphatic rings. The number of carboxylic acids is 1. The normalized spacial score (nSPS) is 11.8. The van der Waals surface area contributed by atoms with Crippen LogP contribution in [0.2, 0.25) is 0 Å². The second-order valence-electron chi connectivity index (χ2n) is 2.96. The number of carbonyl (C=O) groups is 3. The molecular formula is C9H15NO4. The highest BCUT2D eigenvalue weighted by Gasteiger charge is 2.15. The van der Waals surface area contributed by atoms with E-state index in [0.717, 1.165) is 0 Å². The number of aliphatic carboxylic acids is 1. The van der Waals surface area contributed by atoms with Crippen LogP contribution in [0.5, 0.6) is 0 Å². The molecule has 0 fully saturated rings. The first-order chi connectivity index (χ1) is 6.61. The monoisotopic (exact) mass is 201 g/mol. The zero-order valence-electron chi connectivity index (χ0n) is 8.16. The van der Waals surface area contributed by atoms with Crippen molar-refractivity contribution in [2.24, 2.45) is 0 Å². The fraction of sp³-hybridized carbons (Fsp3) is 0.667. The van der Waals surface area contributed by atoms with Crippen molar-refractivity contribution in [1.29, 1.82) is 0 Å². The van der Waals surface area contributed by atoms with Crippen LogP contribution < -0.4 is 5.32 Å². The van der Waals surface area contributed by atoms with Crippen molar-refractivity contribution in [3.63, 3.8) is 0 Å². The maximum Gasteiger partial charge on any atom is 0.326 e. The minimum atomic E-state index is -1.07. The number of carboxylic acid groups (broad SMARTS) is 1. The summed E-state index contributed by atoms with van der Waals surface area (Å²) in [6.45, 7) is 1.76. The van der Waals surface area contributed by atoms with Gasteiger partial charge in [0.05, 0.1) is 0 Å².